The summed E-state index contributed by atoms with van der Waals surface area (Å²) in [5.74, 6) is -0.571. The second kappa shape index (κ2) is 12.3. The maximum Gasteiger partial charge on any atom is 0.411 e. The third kappa shape index (κ3) is 6.50. The minimum Gasteiger partial charge on any atom is -0.497 e. The molecule has 5 rings (SSSR count). The van der Waals surface area contributed by atoms with Crippen LogP contribution in [0.5, 0.6) is 5.75 Å². The Labute approximate surface area is 235 Å². The Hall–Kier alpha value is -5.25. The third-order valence-corrected chi connectivity index (χ3v) is 6.64. The van der Waals surface area contributed by atoms with Crippen LogP contribution < -0.4 is 15.4 Å². The van der Waals surface area contributed by atoms with E-state index in [4.69, 9.17) is 9.47 Å². The van der Waals surface area contributed by atoms with Crippen molar-refractivity contribution in [1.29, 1.82) is 0 Å². The van der Waals surface area contributed by atoms with Crippen molar-refractivity contribution in [2.24, 2.45) is 0 Å². The second-order valence-electron chi connectivity index (χ2n) is 9.39. The highest BCUT2D eigenvalue weighted by Gasteiger charge is 2.46. The summed E-state index contributed by atoms with van der Waals surface area (Å²) >= 11 is 0. The molecule has 0 bridgehead atoms. The number of nitrogens with zero attached hydrogens (tertiary/aromatic N) is 2. The first-order valence-corrected chi connectivity index (χ1v) is 12.8. The molecular weight excluding hydrogens is 527 g/mol. The fourth-order valence-electron chi connectivity index (χ4n) is 4.52. The summed E-state index contributed by atoms with van der Waals surface area (Å²) in [6.07, 6.45) is 1.69. The van der Waals surface area contributed by atoms with Crippen molar-refractivity contribution in [1.82, 2.24) is 15.2 Å². The number of hydrogen-bond acceptors (Lipinski definition) is 6. The Bertz CT molecular complexity index is 1530. The maximum absolute atomic E-state index is 13.5. The molecule has 2 atom stereocenters. The average molecular weight is 555 g/mol. The highest BCUT2D eigenvalue weighted by atomic mass is 19.1. The summed E-state index contributed by atoms with van der Waals surface area (Å²) in [6.45, 7) is 0.263. The molecule has 4 aromatic rings. The van der Waals surface area contributed by atoms with Gasteiger partial charge in [-0.1, -0.05) is 36.4 Å². The zero-order chi connectivity index (χ0) is 28.8. The van der Waals surface area contributed by atoms with Crippen LogP contribution in [0.15, 0.2) is 97.3 Å². The number of rotatable bonds is 9. The van der Waals surface area contributed by atoms with E-state index in [0.29, 0.717) is 28.1 Å². The van der Waals surface area contributed by atoms with Gasteiger partial charge in [0.05, 0.1) is 13.7 Å². The highest BCUT2D eigenvalue weighted by molar-refractivity contribution is 6.04. The number of carbonyl (C=O) groups is 3. The summed E-state index contributed by atoms with van der Waals surface area (Å²) in [7, 11) is 1.53. The molecule has 1 aromatic heterocycles. The van der Waals surface area contributed by atoms with E-state index in [-0.39, 0.29) is 19.0 Å². The zero-order valence-corrected chi connectivity index (χ0v) is 22.1. The first kappa shape index (κ1) is 27.3. The number of hydrogen-bond donors (Lipinski definition) is 2. The van der Waals surface area contributed by atoms with Crippen molar-refractivity contribution in [2.75, 3.05) is 12.4 Å². The van der Waals surface area contributed by atoms with Crippen molar-refractivity contribution >= 4 is 23.6 Å². The molecule has 10 heteroatoms. The number of aromatic nitrogens is 1. The fourth-order valence-corrected chi connectivity index (χ4v) is 4.52. The number of carbonyl (C=O) groups excluding carboxylic acids is 3. The van der Waals surface area contributed by atoms with E-state index in [2.05, 4.69) is 15.6 Å². The van der Waals surface area contributed by atoms with Crippen LogP contribution in [0.25, 0.3) is 0 Å². The molecule has 2 N–H and O–H groups in total. The standard InChI is InChI=1S/C31H27FN4O5/c1-40-26-6-2-5-23(16-26)29(37)35-25-13-9-22(10-14-25)28-27(30(38)34-18-21-4-3-15-33-17-21)36(31(39)41-28)19-20-7-11-24(32)12-8-20/h2-17,27-28H,18-19H2,1H3,(H,34,38)(H,35,37)/t27-,28-/m1/s1. The van der Waals surface area contributed by atoms with Gasteiger partial charge in [-0.25, -0.2) is 9.18 Å². The first-order chi connectivity index (χ1) is 19.9. The molecular formula is C31H27FN4O5. The fraction of sp³-hybridized carbons (Fsp3) is 0.161. The molecule has 1 aliphatic heterocycles. The molecule has 1 aliphatic rings. The predicted molar refractivity (Wildman–Crippen MR) is 148 cm³/mol. The number of nitrogens with one attached hydrogen (secondary N) is 2. The molecule has 0 aliphatic carbocycles. The van der Waals surface area contributed by atoms with Crippen molar-refractivity contribution in [3.63, 3.8) is 0 Å². The van der Waals surface area contributed by atoms with Crippen LogP contribution in [-0.2, 0) is 22.6 Å². The van der Waals surface area contributed by atoms with Crippen molar-refractivity contribution in [2.45, 2.75) is 25.2 Å². The third-order valence-electron chi connectivity index (χ3n) is 6.64. The van der Waals surface area contributed by atoms with Gasteiger partial charge in [-0.15, -0.1) is 0 Å². The molecule has 208 valence electrons. The van der Waals surface area contributed by atoms with Gasteiger partial charge in [-0.3, -0.25) is 19.5 Å². The normalized spacial score (nSPS) is 16.1. The molecule has 3 aromatic carbocycles. The summed E-state index contributed by atoms with van der Waals surface area (Å²) in [4.78, 5) is 44.6. The number of halogens is 1. The highest BCUT2D eigenvalue weighted by Crippen LogP contribution is 2.34. The van der Waals surface area contributed by atoms with Crippen molar-refractivity contribution in [3.8, 4) is 5.75 Å². The number of benzene rings is 3. The van der Waals surface area contributed by atoms with Gasteiger partial charge < -0.3 is 20.1 Å². The quantitative estimate of drug-likeness (QED) is 0.306. The van der Waals surface area contributed by atoms with Crippen molar-refractivity contribution < 1.29 is 28.2 Å². The molecule has 0 radical (unpaired) electrons. The maximum atomic E-state index is 13.5. The number of pyridine rings is 1. The average Bonchev–Trinajstić information content (AvgIpc) is 3.33. The summed E-state index contributed by atoms with van der Waals surface area (Å²) in [6, 6.07) is 21.8. The van der Waals surface area contributed by atoms with Gasteiger partial charge in [0.25, 0.3) is 5.91 Å². The zero-order valence-electron chi connectivity index (χ0n) is 22.1. The summed E-state index contributed by atoms with van der Waals surface area (Å²) in [5, 5.41) is 5.70. The Morgan fingerprint density at radius 3 is 2.49 bits per heavy atom. The van der Waals surface area contributed by atoms with E-state index in [0.717, 1.165) is 5.56 Å². The number of anilines is 1. The number of methoxy groups -OCH3 is 1. The minimum absolute atomic E-state index is 0.0509. The Morgan fingerprint density at radius 2 is 1.78 bits per heavy atom. The Morgan fingerprint density at radius 1 is 1.00 bits per heavy atom. The minimum atomic E-state index is -0.999. The monoisotopic (exact) mass is 554 g/mol. The van der Waals surface area contributed by atoms with Crippen LogP contribution in [0, 0.1) is 5.82 Å². The van der Waals surface area contributed by atoms with E-state index in [1.165, 1.54) is 24.1 Å². The molecule has 9 nitrogen and oxygen atoms in total. The predicted octanol–water partition coefficient (Wildman–Crippen LogP) is 4.86. The van der Waals surface area contributed by atoms with E-state index in [9.17, 15) is 18.8 Å². The molecule has 1 saturated heterocycles. The Balaban J connectivity index is 1.35. The molecule has 41 heavy (non-hydrogen) atoms. The smallest absolute Gasteiger partial charge is 0.411 e. The van der Waals surface area contributed by atoms with E-state index >= 15 is 0 Å². The van der Waals surface area contributed by atoms with Crippen LogP contribution in [0.4, 0.5) is 14.9 Å². The van der Waals surface area contributed by atoms with Crippen molar-refractivity contribution in [3.05, 3.63) is 125 Å². The van der Waals surface area contributed by atoms with Gasteiger partial charge in [0.2, 0.25) is 5.91 Å². The van der Waals surface area contributed by atoms with E-state index in [1.54, 1.807) is 79.1 Å². The number of ether oxygens (including phenoxy) is 2. The van der Waals surface area contributed by atoms with Gasteiger partial charge in [-0.05, 0) is 65.2 Å². The second-order valence-corrected chi connectivity index (χ2v) is 9.39. The molecule has 0 saturated carbocycles. The van der Waals surface area contributed by atoms with Gasteiger partial charge >= 0.3 is 6.09 Å². The molecule has 3 amide bonds. The summed E-state index contributed by atoms with van der Waals surface area (Å²) in [5.41, 5.74) is 2.96. The first-order valence-electron chi connectivity index (χ1n) is 12.8. The Kier molecular flexibility index (Phi) is 8.19. The number of cyclic esters (lactones) is 1. The lowest BCUT2D eigenvalue weighted by Crippen LogP contribution is -2.46. The van der Waals surface area contributed by atoms with Crippen LogP contribution in [0.2, 0.25) is 0 Å². The lowest BCUT2D eigenvalue weighted by atomic mass is 10.00. The lowest BCUT2D eigenvalue weighted by Gasteiger charge is -2.24. The SMILES string of the molecule is COc1cccc(C(=O)Nc2ccc([C@H]3OC(=O)N(Cc4ccc(F)cc4)[C@H]3C(=O)NCc3cccnc3)cc2)c1. The lowest BCUT2D eigenvalue weighted by molar-refractivity contribution is -0.126. The molecule has 1 fully saturated rings. The molecule has 0 spiro atoms. The van der Waals surface area contributed by atoms with Crippen LogP contribution >= 0.6 is 0 Å². The molecule has 0 unspecified atom stereocenters. The largest absolute Gasteiger partial charge is 0.497 e. The van der Waals surface area contributed by atoms with Crippen LogP contribution in [0.1, 0.15) is 33.2 Å². The van der Waals surface area contributed by atoms with Gasteiger partial charge in [0.1, 0.15) is 11.6 Å². The van der Waals surface area contributed by atoms with Gasteiger partial charge in [0.15, 0.2) is 12.1 Å². The van der Waals surface area contributed by atoms with Crippen LogP contribution in [0.3, 0.4) is 0 Å². The number of amides is 3. The molecule has 2 heterocycles. The van der Waals surface area contributed by atoms with Crippen LogP contribution in [-0.4, -0.2) is 40.9 Å². The summed E-state index contributed by atoms with van der Waals surface area (Å²) < 4.78 is 24.3. The van der Waals surface area contributed by atoms with Gasteiger partial charge in [-0.2, -0.15) is 0 Å². The van der Waals surface area contributed by atoms with Gasteiger partial charge in [0, 0.05) is 30.2 Å². The topological polar surface area (TPSA) is 110 Å². The van der Waals surface area contributed by atoms with E-state index < -0.39 is 30.0 Å². The van der Waals surface area contributed by atoms with E-state index in [1.807, 2.05) is 6.07 Å².